The molecule has 204 valence electrons. The van der Waals surface area contributed by atoms with Crippen molar-refractivity contribution in [1.82, 2.24) is 4.90 Å². The van der Waals surface area contributed by atoms with Gasteiger partial charge < -0.3 is 24.8 Å². The number of aliphatic hydroxyl groups is 1. The second-order valence-electron chi connectivity index (χ2n) is 11.1. The lowest BCUT2D eigenvalue weighted by Gasteiger charge is -2.39. The van der Waals surface area contributed by atoms with E-state index in [1.165, 1.54) is 0 Å². The van der Waals surface area contributed by atoms with Crippen molar-refractivity contribution >= 4 is 23.6 Å². The molecule has 0 spiro atoms. The summed E-state index contributed by atoms with van der Waals surface area (Å²) in [6.07, 6.45) is -0.102. The number of aliphatic hydroxyl groups excluding tert-OH is 1. The SMILES string of the molecule is CC(C)(C)OC(=O)Nc1cccc(-c2ccc3c(c2)[C@H]2[C@H](CCN2C(=O)OCc2ccccc2)[C@@H](CO)N3)c1. The van der Waals surface area contributed by atoms with Gasteiger partial charge in [0.1, 0.15) is 12.2 Å². The van der Waals surface area contributed by atoms with Crippen LogP contribution < -0.4 is 10.6 Å². The van der Waals surface area contributed by atoms with Gasteiger partial charge in [0.25, 0.3) is 0 Å². The summed E-state index contributed by atoms with van der Waals surface area (Å²) < 4.78 is 11.1. The molecule has 3 aromatic rings. The fraction of sp³-hybridized carbons (Fsp3) is 0.355. The highest BCUT2D eigenvalue weighted by molar-refractivity contribution is 5.86. The first-order valence-electron chi connectivity index (χ1n) is 13.3. The zero-order valence-corrected chi connectivity index (χ0v) is 22.5. The number of fused-ring (bicyclic) bond motifs is 3. The molecular weight excluding hydrogens is 494 g/mol. The van der Waals surface area contributed by atoms with Crippen LogP contribution in [0.3, 0.4) is 0 Å². The zero-order valence-electron chi connectivity index (χ0n) is 22.5. The van der Waals surface area contributed by atoms with Crippen LogP contribution >= 0.6 is 0 Å². The van der Waals surface area contributed by atoms with Gasteiger partial charge in [-0.05, 0) is 73.7 Å². The van der Waals surface area contributed by atoms with Gasteiger partial charge >= 0.3 is 12.2 Å². The van der Waals surface area contributed by atoms with Gasteiger partial charge in [-0.3, -0.25) is 5.32 Å². The van der Waals surface area contributed by atoms with Crippen molar-refractivity contribution in [2.45, 2.75) is 51.5 Å². The van der Waals surface area contributed by atoms with Crippen LogP contribution in [0.15, 0.2) is 72.8 Å². The van der Waals surface area contributed by atoms with E-state index in [1.54, 1.807) is 4.90 Å². The van der Waals surface area contributed by atoms with E-state index in [4.69, 9.17) is 9.47 Å². The van der Waals surface area contributed by atoms with E-state index in [2.05, 4.69) is 16.7 Å². The van der Waals surface area contributed by atoms with Crippen LogP contribution in [0.1, 0.15) is 44.4 Å². The normalized spacial score (nSPS) is 19.9. The molecule has 0 bridgehead atoms. The summed E-state index contributed by atoms with van der Waals surface area (Å²) in [5.74, 6) is 0.0576. The Morgan fingerprint density at radius 1 is 1.03 bits per heavy atom. The van der Waals surface area contributed by atoms with Crippen molar-refractivity contribution in [2.75, 3.05) is 23.8 Å². The molecule has 2 heterocycles. The van der Waals surface area contributed by atoms with E-state index < -0.39 is 11.7 Å². The van der Waals surface area contributed by atoms with Crippen LogP contribution in [0.2, 0.25) is 0 Å². The van der Waals surface area contributed by atoms with Gasteiger partial charge in [-0.25, -0.2) is 9.59 Å². The molecule has 3 N–H and O–H groups in total. The number of carbonyl (C=O) groups excluding carboxylic acids is 2. The number of hydrogen-bond acceptors (Lipinski definition) is 6. The second kappa shape index (κ2) is 11.0. The molecule has 0 aromatic heterocycles. The third-order valence-electron chi connectivity index (χ3n) is 7.15. The van der Waals surface area contributed by atoms with Gasteiger partial charge in [-0.2, -0.15) is 0 Å². The molecule has 2 aliphatic heterocycles. The van der Waals surface area contributed by atoms with Gasteiger partial charge in [-0.15, -0.1) is 0 Å². The maximum atomic E-state index is 13.2. The van der Waals surface area contributed by atoms with E-state index in [0.717, 1.165) is 34.4 Å². The number of benzene rings is 3. The van der Waals surface area contributed by atoms with Crippen molar-refractivity contribution < 1.29 is 24.2 Å². The molecule has 3 atom stereocenters. The van der Waals surface area contributed by atoms with Crippen LogP contribution in [0.5, 0.6) is 0 Å². The maximum absolute atomic E-state index is 13.2. The molecule has 39 heavy (non-hydrogen) atoms. The van der Waals surface area contributed by atoms with Gasteiger partial charge in [0.2, 0.25) is 0 Å². The maximum Gasteiger partial charge on any atom is 0.412 e. The summed E-state index contributed by atoms with van der Waals surface area (Å²) in [6.45, 7) is 6.21. The summed E-state index contributed by atoms with van der Waals surface area (Å²) >= 11 is 0. The Morgan fingerprint density at radius 3 is 2.54 bits per heavy atom. The van der Waals surface area contributed by atoms with Crippen LogP contribution in [-0.4, -0.2) is 47.0 Å². The number of rotatable bonds is 5. The third-order valence-corrected chi connectivity index (χ3v) is 7.15. The molecular formula is C31H35N3O5. The molecule has 0 unspecified atom stereocenters. The lowest BCUT2D eigenvalue weighted by Crippen LogP contribution is -2.43. The lowest BCUT2D eigenvalue weighted by molar-refractivity contribution is 0.0635. The first-order valence-corrected chi connectivity index (χ1v) is 13.3. The Morgan fingerprint density at radius 2 is 1.79 bits per heavy atom. The molecule has 5 rings (SSSR count). The van der Waals surface area contributed by atoms with Crippen molar-refractivity contribution in [3.05, 3.63) is 83.9 Å². The van der Waals surface area contributed by atoms with Gasteiger partial charge in [-0.1, -0.05) is 48.5 Å². The molecule has 1 fully saturated rings. The van der Waals surface area contributed by atoms with Crippen LogP contribution in [0.25, 0.3) is 11.1 Å². The first-order chi connectivity index (χ1) is 18.7. The zero-order chi connectivity index (χ0) is 27.6. The highest BCUT2D eigenvalue weighted by Gasteiger charge is 2.46. The number of ether oxygens (including phenoxy) is 2. The molecule has 0 aliphatic carbocycles. The van der Waals surface area contributed by atoms with Gasteiger partial charge in [0.05, 0.1) is 18.7 Å². The number of hydrogen-bond donors (Lipinski definition) is 3. The second-order valence-corrected chi connectivity index (χ2v) is 11.1. The first kappa shape index (κ1) is 26.6. The summed E-state index contributed by atoms with van der Waals surface area (Å²) in [6, 6.07) is 22.9. The fourth-order valence-corrected chi connectivity index (χ4v) is 5.45. The number of nitrogens with one attached hydrogen (secondary N) is 2. The summed E-state index contributed by atoms with van der Waals surface area (Å²) in [5.41, 5.74) is 4.72. The Hall–Kier alpha value is -4.04. The van der Waals surface area contributed by atoms with Gasteiger partial charge in [0, 0.05) is 23.8 Å². The summed E-state index contributed by atoms with van der Waals surface area (Å²) in [7, 11) is 0. The Kier molecular flexibility index (Phi) is 7.48. The number of amides is 2. The molecule has 2 aliphatic rings. The average molecular weight is 530 g/mol. The summed E-state index contributed by atoms with van der Waals surface area (Å²) in [4.78, 5) is 27.3. The van der Waals surface area contributed by atoms with E-state index in [9.17, 15) is 14.7 Å². The van der Waals surface area contributed by atoms with Gasteiger partial charge in [0.15, 0.2) is 0 Å². The third kappa shape index (κ3) is 6.01. The number of likely N-dealkylation sites (tertiary alicyclic amines) is 1. The molecule has 2 amide bonds. The largest absolute Gasteiger partial charge is 0.445 e. The van der Waals surface area contributed by atoms with Crippen molar-refractivity contribution in [1.29, 1.82) is 0 Å². The highest BCUT2D eigenvalue weighted by atomic mass is 16.6. The molecule has 0 radical (unpaired) electrons. The predicted molar refractivity (Wildman–Crippen MR) is 150 cm³/mol. The lowest BCUT2D eigenvalue weighted by atomic mass is 9.82. The Bertz CT molecular complexity index is 1340. The quantitative estimate of drug-likeness (QED) is 0.365. The monoisotopic (exact) mass is 529 g/mol. The molecule has 8 nitrogen and oxygen atoms in total. The van der Waals surface area contributed by atoms with Crippen LogP contribution in [0.4, 0.5) is 21.0 Å². The topological polar surface area (TPSA) is 100 Å². The summed E-state index contributed by atoms with van der Waals surface area (Å²) in [5, 5.41) is 16.4. The van der Waals surface area contributed by atoms with Crippen molar-refractivity contribution in [2.24, 2.45) is 5.92 Å². The molecule has 0 saturated carbocycles. The minimum Gasteiger partial charge on any atom is -0.445 e. The van der Waals surface area contributed by atoms with Crippen molar-refractivity contribution in [3.63, 3.8) is 0 Å². The minimum atomic E-state index is -0.592. The van der Waals surface area contributed by atoms with E-state index in [1.807, 2.05) is 87.5 Å². The number of anilines is 2. The molecule has 8 heteroatoms. The Labute approximate surface area is 228 Å². The highest BCUT2D eigenvalue weighted by Crippen LogP contribution is 2.47. The number of carbonyl (C=O) groups is 2. The average Bonchev–Trinajstić information content (AvgIpc) is 3.36. The van der Waals surface area contributed by atoms with Crippen LogP contribution in [0, 0.1) is 5.92 Å². The van der Waals surface area contributed by atoms with Crippen molar-refractivity contribution in [3.8, 4) is 11.1 Å². The van der Waals surface area contributed by atoms with Crippen LogP contribution in [-0.2, 0) is 16.1 Å². The molecule has 1 saturated heterocycles. The Balaban J connectivity index is 1.40. The fourth-order valence-electron chi connectivity index (χ4n) is 5.45. The smallest absolute Gasteiger partial charge is 0.412 e. The van der Waals surface area contributed by atoms with E-state index in [0.29, 0.717) is 12.2 Å². The minimum absolute atomic E-state index is 0.0202. The predicted octanol–water partition coefficient (Wildman–Crippen LogP) is 6.19. The van der Waals surface area contributed by atoms with E-state index >= 15 is 0 Å². The number of nitrogens with zero attached hydrogens (tertiary/aromatic N) is 1. The van der Waals surface area contributed by atoms with E-state index in [-0.39, 0.29) is 37.3 Å². The molecule has 3 aromatic carbocycles. The standard InChI is InChI=1S/C31H35N3O5/c1-31(2,3)39-29(36)32-23-11-7-10-21(16-23)22-12-13-26-25(17-22)28-24(27(18-35)33-26)14-15-34(28)30(37)38-19-20-8-5-4-6-9-20/h4-13,16-17,24,27-28,33,35H,14-15,18-19H2,1-3H3,(H,32,36)/t24-,27-,28-/m1/s1.